The highest BCUT2D eigenvalue weighted by Crippen LogP contribution is 2.11. The predicted molar refractivity (Wildman–Crippen MR) is 76.5 cm³/mol. The maximum atomic E-state index is 11.7. The van der Waals surface area contributed by atoms with Gasteiger partial charge in [0.25, 0.3) is 0 Å². The number of carbonyl (C=O) groups excluding carboxylic acids is 2. The van der Waals surface area contributed by atoms with Gasteiger partial charge >= 0.3 is 6.03 Å². The van der Waals surface area contributed by atoms with Crippen molar-refractivity contribution in [1.29, 1.82) is 0 Å². The minimum absolute atomic E-state index is 0.180. The number of hydrogen-bond donors (Lipinski definition) is 3. The van der Waals surface area contributed by atoms with Crippen LogP contribution in [0.3, 0.4) is 0 Å². The molecule has 0 bridgehead atoms. The molecule has 0 aliphatic heterocycles. The van der Waals surface area contributed by atoms with E-state index in [9.17, 15) is 9.59 Å². The molecule has 0 heterocycles. The number of urea groups is 1. The molecule has 4 N–H and O–H groups in total. The van der Waals surface area contributed by atoms with Gasteiger partial charge in [-0.05, 0) is 32.9 Å². The van der Waals surface area contributed by atoms with Gasteiger partial charge in [0.1, 0.15) is 18.4 Å². The van der Waals surface area contributed by atoms with E-state index in [0.717, 1.165) is 11.3 Å². The molecule has 0 spiro atoms. The highest BCUT2D eigenvalue weighted by atomic mass is 16.5. The second kappa shape index (κ2) is 7.37. The summed E-state index contributed by atoms with van der Waals surface area (Å²) in [5, 5.41) is 5.05. The van der Waals surface area contributed by atoms with Crippen LogP contribution in [0.4, 0.5) is 4.79 Å². The zero-order valence-electron chi connectivity index (χ0n) is 12.0. The molecule has 1 rings (SSSR count). The minimum atomic E-state index is -0.726. The van der Waals surface area contributed by atoms with Crippen molar-refractivity contribution < 1.29 is 14.3 Å². The number of ether oxygens (including phenoxy) is 1. The molecule has 20 heavy (non-hydrogen) atoms. The van der Waals surface area contributed by atoms with Crippen LogP contribution >= 0.6 is 0 Å². The summed E-state index contributed by atoms with van der Waals surface area (Å²) in [6.45, 7) is 5.73. The van der Waals surface area contributed by atoms with E-state index < -0.39 is 12.1 Å². The second-order valence-electron chi connectivity index (χ2n) is 4.76. The fraction of sp³-hybridized carbons (Fsp3) is 0.429. The number of rotatable bonds is 6. The number of nitrogens with one attached hydrogen (secondary N) is 2. The molecule has 0 aliphatic carbocycles. The summed E-state index contributed by atoms with van der Waals surface area (Å²) in [6, 6.07) is 6.09. The van der Waals surface area contributed by atoms with Crippen LogP contribution in [0, 0.1) is 6.92 Å². The smallest absolute Gasteiger partial charge is 0.312 e. The average Bonchev–Trinajstić information content (AvgIpc) is 2.37. The molecule has 110 valence electrons. The van der Waals surface area contributed by atoms with Crippen molar-refractivity contribution in [3.8, 4) is 5.75 Å². The standard InChI is InChI=1S/C14H21N3O3/c1-9-4-6-12(7-5-9)20-8-10(2)16-13(18)11(3)17-14(15)19/h4-7,10-11H,8H2,1-3H3,(H,16,18)(H3,15,17,19). The van der Waals surface area contributed by atoms with Gasteiger partial charge in [0, 0.05) is 0 Å². The fourth-order valence-corrected chi connectivity index (χ4v) is 1.54. The summed E-state index contributed by atoms with van der Waals surface area (Å²) >= 11 is 0. The van der Waals surface area contributed by atoms with Crippen LogP contribution in [-0.4, -0.2) is 30.6 Å². The van der Waals surface area contributed by atoms with Crippen molar-refractivity contribution in [3.63, 3.8) is 0 Å². The lowest BCUT2D eigenvalue weighted by Gasteiger charge is -2.18. The highest BCUT2D eigenvalue weighted by molar-refractivity contribution is 5.86. The number of amides is 3. The van der Waals surface area contributed by atoms with Crippen LogP contribution in [0.5, 0.6) is 5.75 Å². The van der Waals surface area contributed by atoms with Crippen molar-refractivity contribution in [2.75, 3.05) is 6.61 Å². The van der Waals surface area contributed by atoms with Crippen molar-refractivity contribution in [1.82, 2.24) is 10.6 Å². The number of aryl methyl sites for hydroxylation is 1. The van der Waals surface area contributed by atoms with Gasteiger partial charge < -0.3 is 21.1 Å². The van der Waals surface area contributed by atoms with Gasteiger partial charge in [-0.3, -0.25) is 4.79 Å². The first kappa shape index (κ1) is 15.8. The zero-order chi connectivity index (χ0) is 15.1. The van der Waals surface area contributed by atoms with Crippen molar-refractivity contribution in [3.05, 3.63) is 29.8 Å². The third-order valence-electron chi connectivity index (χ3n) is 2.66. The molecular formula is C14H21N3O3. The third kappa shape index (κ3) is 5.60. The number of hydrogen-bond acceptors (Lipinski definition) is 3. The Balaban J connectivity index is 2.36. The Morgan fingerprint density at radius 3 is 2.35 bits per heavy atom. The Hall–Kier alpha value is -2.24. The van der Waals surface area contributed by atoms with E-state index in [-0.39, 0.29) is 11.9 Å². The summed E-state index contributed by atoms with van der Waals surface area (Å²) in [5.41, 5.74) is 6.11. The first-order valence-corrected chi connectivity index (χ1v) is 6.44. The molecule has 1 aromatic carbocycles. The number of benzene rings is 1. The fourth-order valence-electron chi connectivity index (χ4n) is 1.54. The van der Waals surface area contributed by atoms with E-state index in [2.05, 4.69) is 10.6 Å². The van der Waals surface area contributed by atoms with E-state index in [4.69, 9.17) is 10.5 Å². The first-order chi connectivity index (χ1) is 9.38. The lowest BCUT2D eigenvalue weighted by molar-refractivity contribution is -0.123. The Labute approximate surface area is 118 Å². The molecule has 0 aromatic heterocycles. The van der Waals surface area contributed by atoms with Crippen LogP contribution in [0.2, 0.25) is 0 Å². The summed E-state index contributed by atoms with van der Waals surface area (Å²) < 4.78 is 5.56. The molecule has 0 saturated heterocycles. The summed E-state index contributed by atoms with van der Waals surface area (Å²) in [5.74, 6) is 0.448. The Bertz CT molecular complexity index is 459. The SMILES string of the molecule is Cc1ccc(OCC(C)NC(=O)C(C)NC(N)=O)cc1. The topological polar surface area (TPSA) is 93.4 Å². The molecule has 6 nitrogen and oxygen atoms in total. The molecule has 6 heteroatoms. The van der Waals surface area contributed by atoms with Gasteiger partial charge in [0.2, 0.25) is 5.91 Å². The van der Waals surface area contributed by atoms with Gasteiger partial charge in [0.05, 0.1) is 6.04 Å². The number of nitrogens with two attached hydrogens (primary N) is 1. The monoisotopic (exact) mass is 279 g/mol. The molecule has 1 aromatic rings. The highest BCUT2D eigenvalue weighted by Gasteiger charge is 2.16. The molecule has 2 unspecified atom stereocenters. The molecule has 0 aliphatic rings. The Morgan fingerprint density at radius 1 is 1.20 bits per heavy atom. The predicted octanol–water partition coefficient (Wildman–Crippen LogP) is 0.935. The molecule has 0 fully saturated rings. The van der Waals surface area contributed by atoms with Crippen molar-refractivity contribution in [2.24, 2.45) is 5.73 Å². The van der Waals surface area contributed by atoms with Gasteiger partial charge in [-0.2, -0.15) is 0 Å². The third-order valence-corrected chi connectivity index (χ3v) is 2.66. The quantitative estimate of drug-likeness (QED) is 0.723. The summed E-state index contributed by atoms with van der Waals surface area (Å²) in [4.78, 5) is 22.4. The summed E-state index contributed by atoms with van der Waals surface area (Å²) in [6.07, 6.45) is 0. The van der Waals surface area contributed by atoms with E-state index in [0.29, 0.717) is 6.61 Å². The molecule has 0 saturated carbocycles. The number of primary amides is 1. The lowest BCUT2D eigenvalue weighted by Crippen LogP contribution is -2.49. The van der Waals surface area contributed by atoms with Crippen LogP contribution in [0.25, 0.3) is 0 Å². The second-order valence-corrected chi connectivity index (χ2v) is 4.76. The van der Waals surface area contributed by atoms with E-state index in [1.54, 1.807) is 6.92 Å². The Kier molecular flexibility index (Phi) is 5.83. The van der Waals surface area contributed by atoms with E-state index in [1.807, 2.05) is 38.1 Å². The number of carbonyl (C=O) groups is 2. The van der Waals surface area contributed by atoms with Crippen molar-refractivity contribution >= 4 is 11.9 Å². The molecule has 2 atom stereocenters. The maximum Gasteiger partial charge on any atom is 0.312 e. The minimum Gasteiger partial charge on any atom is -0.491 e. The van der Waals surface area contributed by atoms with Gasteiger partial charge in [-0.15, -0.1) is 0 Å². The Morgan fingerprint density at radius 2 is 1.80 bits per heavy atom. The van der Waals surface area contributed by atoms with Crippen LogP contribution in [0.1, 0.15) is 19.4 Å². The molecule has 0 radical (unpaired) electrons. The van der Waals surface area contributed by atoms with Crippen LogP contribution in [0.15, 0.2) is 24.3 Å². The molecular weight excluding hydrogens is 258 g/mol. The normalized spacial score (nSPS) is 13.2. The van der Waals surface area contributed by atoms with Gasteiger partial charge in [0.15, 0.2) is 0 Å². The van der Waals surface area contributed by atoms with Crippen LogP contribution in [-0.2, 0) is 4.79 Å². The summed E-state index contributed by atoms with van der Waals surface area (Å²) in [7, 11) is 0. The maximum absolute atomic E-state index is 11.7. The van der Waals surface area contributed by atoms with Crippen LogP contribution < -0.4 is 21.1 Å². The zero-order valence-corrected chi connectivity index (χ0v) is 12.0. The van der Waals surface area contributed by atoms with Gasteiger partial charge in [-0.1, -0.05) is 17.7 Å². The lowest BCUT2D eigenvalue weighted by atomic mass is 10.2. The molecule has 3 amide bonds. The van der Waals surface area contributed by atoms with Crippen molar-refractivity contribution in [2.45, 2.75) is 32.9 Å². The van der Waals surface area contributed by atoms with E-state index in [1.165, 1.54) is 0 Å². The average molecular weight is 279 g/mol. The largest absolute Gasteiger partial charge is 0.491 e. The van der Waals surface area contributed by atoms with Gasteiger partial charge in [-0.25, -0.2) is 4.79 Å². The first-order valence-electron chi connectivity index (χ1n) is 6.44. The van der Waals surface area contributed by atoms with E-state index >= 15 is 0 Å².